The maximum atomic E-state index is 12.7. The Morgan fingerprint density at radius 2 is 2.07 bits per heavy atom. The molecule has 3 saturated heterocycles. The number of carbonyl (C=O) groups excluding carboxylic acids is 1. The molecule has 3 aliphatic heterocycles. The fraction of sp³-hybridized carbons (Fsp3) is 0.650. The fourth-order valence-electron chi connectivity index (χ4n) is 5.28. The summed E-state index contributed by atoms with van der Waals surface area (Å²) in [5.74, 6) is 1.07. The third kappa shape index (κ3) is 4.61. The minimum Gasteiger partial charge on any atom is -0.350 e. The van der Waals surface area contributed by atoms with Crippen molar-refractivity contribution in [1.29, 1.82) is 5.26 Å². The van der Waals surface area contributed by atoms with E-state index in [0.717, 1.165) is 25.6 Å². The molecule has 2 bridgehead atoms. The van der Waals surface area contributed by atoms with E-state index in [-0.39, 0.29) is 36.3 Å². The fourth-order valence-corrected chi connectivity index (χ4v) is 5.28. The van der Waals surface area contributed by atoms with Crippen LogP contribution in [-0.4, -0.2) is 54.1 Å². The van der Waals surface area contributed by atoms with E-state index in [1.165, 1.54) is 31.7 Å². The van der Waals surface area contributed by atoms with Crippen molar-refractivity contribution in [2.75, 3.05) is 26.2 Å². The van der Waals surface area contributed by atoms with Gasteiger partial charge in [-0.25, -0.2) is 0 Å². The zero-order valence-electron chi connectivity index (χ0n) is 16.6. The normalized spacial score (nSPS) is 28.1. The molecule has 1 amide bonds. The maximum absolute atomic E-state index is 12.7. The van der Waals surface area contributed by atoms with Crippen LogP contribution >= 0.6 is 24.8 Å². The van der Waals surface area contributed by atoms with Gasteiger partial charge in [0.2, 0.25) is 0 Å². The summed E-state index contributed by atoms with van der Waals surface area (Å²) >= 11 is 0. The number of rotatable bonds is 3. The molecule has 0 saturated carbocycles. The van der Waals surface area contributed by atoms with Crippen LogP contribution in [0, 0.1) is 30.1 Å². The third-order valence-corrected chi connectivity index (χ3v) is 6.60. The molecule has 7 nitrogen and oxygen atoms in total. The largest absolute Gasteiger partial charge is 0.350 e. The zero-order valence-corrected chi connectivity index (χ0v) is 18.2. The number of hydrogen-bond acceptors (Lipinski definition) is 5. The molecule has 0 aliphatic carbocycles. The summed E-state index contributed by atoms with van der Waals surface area (Å²) in [4.78, 5) is 29.7. The van der Waals surface area contributed by atoms with Gasteiger partial charge in [0.25, 0.3) is 11.5 Å². The molecule has 3 fully saturated rings. The summed E-state index contributed by atoms with van der Waals surface area (Å²) in [6.07, 6.45) is 5.03. The van der Waals surface area contributed by atoms with Crippen molar-refractivity contribution in [2.45, 2.75) is 44.7 Å². The number of nitriles is 1. The number of aryl methyl sites for hydroxylation is 1. The minimum absolute atomic E-state index is 0. The van der Waals surface area contributed by atoms with Crippen molar-refractivity contribution in [3.8, 4) is 6.07 Å². The molecule has 0 unspecified atom stereocenters. The molecule has 0 aromatic carbocycles. The molecule has 29 heavy (non-hydrogen) atoms. The zero-order chi connectivity index (χ0) is 19.0. The van der Waals surface area contributed by atoms with Crippen LogP contribution in [0.4, 0.5) is 0 Å². The molecule has 0 spiro atoms. The predicted molar refractivity (Wildman–Crippen MR) is 116 cm³/mol. The highest BCUT2D eigenvalue weighted by molar-refractivity contribution is 5.95. The number of fused-ring (bicyclic) bond motifs is 4. The molecule has 9 heteroatoms. The van der Waals surface area contributed by atoms with Crippen molar-refractivity contribution >= 4 is 30.7 Å². The van der Waals surface area contributed by atoms with Crippen molar-refractivity contribution in [1.82, 2.24) is 20.5 Å². The number of nitrogens with one attached hydrogen (secondary N) is 3. The molecule has 4 atom stereocenters. The molecule has 160 valence electrons. The van der Waals surface area contributed by atoms with Crippen LogP contribution in [0.15, 0.2) is 10.9 Å². The van der Waals surface area contributed by atoms with Gasteiger partial charge >= 0.3 is 0 Å². The van der Waals surface area contributed by atoms with Crippen molar-refractivity contribution in [3.63, 3.8) is 0 Å². The molecule has 0 radical (unpaired) electrons. The van der Waals surface area contributed by atoms with Crippen LogP contribution in [-0.2, 0) is 0 Å². The van der Waals surface area contributed by atoms with E-state index in [4.69, 9.17) is 5.26 Å². The summed E-state index contributed by atoms with van der Waals surface area (Å²) in [6, 6.07) is 4.22. The number of aromatic amines is 1. The van der Waals surface area contributed by atoms with E-state index >= 15 is 0 Å². The molecule has 3 N–H and O–H groups in total. The summed E-state index contributed by atoms with van der Waals surface area (Å²) in [5.41, 5.74) is 0.389. The Morgan fingerprint density at radius 3 is 2.83 bits per heavy atom. The quantitative estimate of drug-likeness (QED) is 0.660. The van der Waals surface area contributed by atoms with Gasteiger partial charge in [-0.2, -0.15) is 5.26 Å². The molecule has 1 aromatic heterocycles. The van der Waals surface area contributed by atoms with Gasteiger partial charge in [0.05, 0.1) is 5.56 Å². The highest BCUT2D eigenvalue weighted by Gasteiger charge is 2.45. The average Bonchev–Trinajstić information content (AvgIpc) is 2.68. The lowest BCUT2D eigenvalue weighted by Gasteiger charge is -2.55. The first-order valence-corrected chi connectivity index (χ1v) is 9.97. The standard InChI is InChI=1S/C20H27N5O2.2ClH/c1-12-16(7-13(8-21)19(26)24-12)20(27)23-11-18-15-6-14(9-22-10-15)17-4-2-3-5-25(17)18;;/h7,14-15,17-18,22H,2-6,9-11H2,1H3,(H,23,27)(H,24,26);2*1H/t14-,15+,17+,18+;;/m1../s1. The van der Waals surface area contributed by atoms with Gasteiger partial charge < -0.3 is 15.6 Å². The van der Waals surface area contributed by atoms with Crippen LogP contribution < -0.4 is 16.2 Å². The van der Waals surface area contributed by atoms with Gasteiger partial charge in [-0.1, -0.05) is 6.42 Å². The van der Waals surface area contributed by atoms with Crippen LogP contribution in [0.1, 0.15) is 47.3 Å². The predicted octanol–water partition coefficient (Wildman–Crippen LogP) is 1.59. The third-order valence-electron chi connectivity index (χ3n) is 6.60. The molecule has 1 aromatic rings. The lowest BCUT2D eigenvalue weighted by Crippen LogP contribution is -2.65. The minimum atomic E-state index is -0.450. The molecular weight excluding hydrogens is 413 g/mol. The molecule has 4 rings (SSSR count). The van der Waals surface area contributed by atoms with Crippen LogP contribution in [0.25, 0.3) is 0 Å². The van der Waals surface area contributed by atoms with E-state index in [0.29, 0.717) is 35.8 Å². The summed E-state index contributed by atoms with van der Waals surface area (Å²) in [7, 11) is 0. The Hall–Kier alpha value is -1.59. The Labute approximate surface area is 183 Å². The van der Waals surface area contributed by atoms with Crippen LogP contribution in [0.5, 0.6) is 0 Å². The molecule has 4 heterocycles. The van der Waals surface area contributed by atoms with Crippen molar-refractivity contribution < 1.29 is 4.79 Å². The van der Waals surface area contributed by atoms with Crippen molar-refractivity contribution in [2.24, 2.45) is 11.8 Å². The number of amides is 1. The Balaban J connectivity index is 0.00000150. The van der Waals surface area contributed by atoms with Gasteiger partial charge in [0.1, 0.15) is 11.6 Å². The number of carbonyl (C=O) groups is 1. The van der Waals surface area contributed by atoms with Gasteiger partial charge in [0.15, 0.2) is 0 Å². The van der Waals surface area contributed by atoms with Gasteiger partial charge in [-0.3, -0.25) is 14.5 Å². The van der Waals surface area contributed by atoms with Crippen LogP contribution in [0.3, 0.4) is 0 Å². The number of piperidine rings is 3. The number of aromatic nitrogens is 1. The first kappa shape index (κ1) is 23.7. The second-order valence-electron chi connectivity index (χ2n) is 8.16. The highest BCUT2D eigenvalue weighted by Crippen LogP contribution is 2.38. The Bertz CT molecular complexity index is 837. The smallest absolute Gasteiger partial charge is 0.266 e. The number of halogens is 2. The number of pyridine rings is 1. The average molecular weight is 442 g/mol. The number of hydrogen-bond donors (Lipinski definition) is 3. The number of nitrogens with zero attached hydrogens (tertiary/aromatic N) is 2. The first-order valence-electron chi connectivity index (χ1n) is 9.97. The van der Waals surface area contributed by atoms with E-state index < -0.39 is 5.56 Å². The SMILES string of the molecule is Cc1[nH]c(=O)c(C#N)cc1C(=O)NC[C@H]1[C@@H]2CNC[C@@H](C2)[C@@H]2CCCCN21.Cl.Cl. The van der Waals surface area contributed by atoms with E-state index in [1.54, 1.807) is 6.92 Å². The van der Waals surface area contributed by atoms with E-state index in [9.17, 15) is 9.59 Å². The van der Waals surface area contributed by atoms with Gasteiger partial charge in [-0.05, 0) is 63.7 Å². The lowest BCUT2D eigenvalue weighted by molar-refractivity contribution is -0.0371. The Kier molecular flexibility index (Phi) is 8.12. The lowest BCUT2D eigenvalue weighted by atomic mass is 9.73. The van der Waals surface area contributed by atoms with E-state index in [1.807, 2.05) is 6.07 Å². The summed E-state index contributed by atoms with van der Waals surface area (Å²) in [5, 5.41) is 15.7. The highest BCUT2D eigenvalue weighted by atomic mass is 35.5. The summed E-state index contributed by atoms with van der Waals surface area (Å²) < 4.78 is 0. The second-order valence-corrected chi connectivity index (χ2v) is 8.16. The van der Waals surface area contributed by atoms with Crippen LogP contribution in [0.2, 0.25) is 0 Å². The maximum Gasteiger partial charge on any atom is 0.266 e. The number of H-pyrrole nitrogens is 1. The molecular formula is C20H29Cl2N5O2. The topological polar surface area (TPSA) is 101 Å². The first-order chi connectivity index (χ1) is 13.1. The van der Waals surface area contributed by atoms with Gasteiger partial charge in [-0.15, -0.1) is 24.8 Å². The Morgan fingerprint density at radius 1 is 1.31 bits per heavy atom. The van der Waals surface area contributed by atoms with Crippen molar-refractivity contribution in [3.05, 3.63) is 33.2 Å². The molecule has 3 aliphatic rings. The summed E-state index contributed by atoms with van der Waals surface area (Å²) in [6.45, 7) is 5.54. The second kappa shape index (κ2) is 9.94. The van der Waals surface area contributed by atoms with E-state index in [2.05, 4.69) is 20.5 Å². The van der Waals surface area contributed by atoms with Gasteiger partial charge in [0, 0.05) is 24.3 Å². The monoisotopic (exact) mass is 441 g/mol.